The number of carbonyl (C=O) groups is 3. The molecule has 0 radical (unpaired) electrons. The predicted octanol–water partition coefficient (Wildman–Crippen LogP) is 5.81. The molecule has 0 saturated carbocycles. The summed E-state index contributed by atoms with van der Waals surface area (Å²) < 4.78 is 10.4. The first-order valence-corrected chi connectivity index (χ1v) is 20.1. The van der Waals surface area contributed by atoms with Gasteiger partial charge in [-0.15, -0.1) is 11.8 Å². The van der Waals surface area contributed by atoms with E-state index in [4.69, 9.17) is 15.3 Å². The lowest BCUT2D eigenvalue weighted by atomic mass is 9.80. The molecule has 5 aromatic carbocycles. The van der Waals surface area contributed by atoms with E-state index in [-0.39, 0.29) is 28.1 Å². The zero-order chi connectivity index (χ0) is 40.1. The number of nitrogens with one attached hydrogen (secondary N) is 1. The molecule has 0 spiro atoms. The molecule has 2 aliphatic heterocycles. The van der Waals surface area contributed by atoms with Gasteiger partial charge in [-0.1, -0.05) is 157 Å². The number of anilines is 1. The highest BCUT2D eigenvalue weighted by Crippen LogP contribution is 2.43. The molecule has 2 atom stereocenters. The highest BCUT2D eigenvalue weighted by molar-refractivity contribution is 8.00. The lowest BCUT2D eigenvalue weighted by Gasteiger charge is -2.49. The minimum Gasteiger partial charge on any atom is -0.448 e. The number of β-lactam (4-membered cyclic amide) rings is 1. The molecule has 1 aromatic heterocycles. The maximum absolute atomic E-state index is 14.3. The van der Waals surface area contributed by atoms with E-state index < -0.39 is 47.5 Å². The number of ether oxygens (including phenoxy) is 1. The number of esters is 1. The Morgan fingerprint density at radius 3 is 1.79 bits per heavy atom. The monoisotopic (exact) mass is 808 g/mol. The van der Waals surface area contributed by atoms with E-state index in [1.54, 1.807) is 0 Å². The number of amides is 2. The maximum Gasteiger partial charge on any atom is 0.356 e. The number of nitrogens with zero attached hydrogens (tertiary/aromatic N) is 4. The second-order valence-corrected chi connectivity index (χ2v) is 15.2. The number of thioether (sulfide) groups is 1. The van der Waals surface area contributed by atoms with Gasteiger partial charge in [0.1, 0.15) is 17.1 Å². The Labute approximate surface area is 342 Å². The Morgan fingerprint density at radius 2 is 1.33 bits per heavy atom. The van der Waals surface area contributed by atoms with Crippen LogP contribution < -0.4 is 11.1 Å². The third-order valence-corrected chi connectivity index (χ3v) is 11.7. The highest BCUT2D eigenvalue weighted by Gasteiger charge is 2.55. The van der Waals surface area contributed by atoms with Crippen LogP contribution in [0, 0.1) is 0 Å². The minimum absolute atomic E-state index is 0.0526. The molecule has 2 amide bonds. The zero-order valence-corrected chi connectivity index (χ0v) is 32.4. The van der Waals surface area contributed by atoms with Crippen molar-refractivity contribution in [3.05, 3.63) is 197 Å². The Kier molecular flexibility index (Phi) is 11.1. The standard InChI is InChI=1S/C44H36N6O6S2/c45-43-47-38(49-58-43)34(48-56-44(31-20-10-3-11-21-31,32-22-12-4-13-23-32)33-24-14-5-15-25-33)39(52)46-35-40(53)50-36(30(26-51)27-57-41(35)50)42(54)55-37(28-16-6-1-7-17-28)29-18-8-2-9-19-29/h1-25,35,37,41,51H,26-27H2,(H,46,52)(H2,45,47,49)/b48-34-. The SMILES string of the molecule is Nc1nc(/C(=N/OC(c2ccccc2)(c2ccccc2)c2ccccc2)C(=O)NC2C(=O)N3C(C(=O)OC(c4ccccc4)c4ccccc4)=C(CO)CSC23)ns1. The summed E-state index contributed by atoms with van der Waals surface area (Å²) in [5, 5.41) is 17.0. The Hall–Kier alpha value is -6.61. The summed E-state index contributed by atoms with van der Waals surface area (Å²) >= 11 is 2.18. The van der Waals surface area contributed by atoms with E-state index in [1.807, 2.05) is 152 Å². The Bertz CT molecular complexity index is 2330. The van der Waals surface area contributed by atoms with Crippen LogP contribution in [0.2, 0.25) is 0 Å². The molecule has 290 valence electrons. The van der Waals surface area contributed by atoms with Crippen molar-refractivity contribution >= 4 is 51.9 Å². The normalized spacial score (nSPS) is 16.7. The molecule has 2 unspecified atom stereocenters. The third-order valence-electron chi connectivity index (χ3n) is 9.83. The molecule has 2 aliphatic rings. The molecule has 0 bridgehead atoms. The third kappa shape index (κ3) is 7.36. The fourth-order valence-electron chi connectivity index (χ4n) is 7.06. The van der Waals surface area contributed by atoms with Gasteiger partial charge in [0.05, 0.1) is 6.61 Å². The first-order chi connectivity index (χ1) is 28.4. The molecule has 4 N–H and O–H groups in total. The van der Waals surface area contributed by atoms with Crippen molar-refractivity contribution in [3.8, 4) is 0 Å². The van der Waals surface area contributed by atoms with Gasteiger partial charge in [-0.2, -0.15) is 9.36 Å². The second kappa shape index (κ2) is 16.9. The minimum atomic E-state index is -1.34. The summed E-state index contributed by atoms with van der Waals surface area (Å²) in [5.41, 5.74) is 8.28. The molecule has 12 nitrogen and oxygen atoms in total. The van der Waals surface area contributed by atoms with Crippen LogP contribution in [0.5, 0.6) is 0 Å². The van der Waals surface area contributed by atoms with Crippen molar-refractivity contribution in [2.75, 3.05) is 18.1 Å². The van der Waals surface area contributed by atoms with Crippen LogP contribution in [-0.4, -0.2) is 66.6 Å². The first-order valence-electron chi connectivity index (χ1n) is 18.3. The summed E-state index contributed by atoms with van der Waals surface area (Å²) in [4.78, 5) is 54.6. The predicted molar refractivity (Wildman–Crippen MR) is 221 cm³/mol. The van der Waals surface area contributed by atoms with Crippen molar-refractivity contribution in [2.24, 2.45) is 5.16 Å². The molecule has 1 fully saturated rings. The highest BCUT2D eigenvalue weighted by atomic mass is 32.2. The van der Waals surface area contributed by atoms with Crippen molar-refractivity contribution < 1.29 is 29.1 Å². The number of fused-ring (bicyclic) bond motifs is 1. The van der Waals surface area contributed by atoms with Gasteiger partial charge in [0.15, 0.2) is 11.2 Å². The summed E-state index contributed by atoms with van der Waals surface area (Å²) in [6.07, 6.45) is -0.783. The van der Waals surface area contributed by atoms with Gasteiger partial charge < -0.3 is 25.7 Å². The number of benzene rings is 5. The molecule has 58 heavy (non-hydrogen) atoms. The van der Waals surface area contributed by atoms with Crippen LogP contribution in [-0.2, 0) is 29.6 Å². The second-order valence-electron chi connectivity index (χ2n) is 13.3. The number of rotatable bonds is 13. The Morgan fingerprint density at radius 1 is 0.828 bits per heavy atom. The van der Waals surface area contributed by atoms with Crippen LogP contribution in [0.25, 0.3) is 0 Å². The van der Waals surface area contributed by atoms with Gasteiger partial charge in [0, 0.05) is 34.0 Å². The molecule has 0 aliphatic carbocycles. The Balaban J connectivity index is 1.10. The largest absolute Gasteiger partial charge is 0.448 e. The average Bonchev–Trinajstić information content (AvgIpc) is 3.72. The smallest absolute Gasteiger partial charge is 0.356 e. The van der Waals surface area contributed by atoms with Crippen LogP contribution >= 0.6 is 23.3 Å². The number of nitrogens with two attached hydrogens (primary N) is 1. The topological polar surface area (TPSA) is 169 Å². The van der Waals surface area contributed by atoms with E-state index in [1.165, 1.54) is 16.7 Å². The van der Waals surface area contributed by atoms with Crippen molar-refractivity contribution in [3.63, 3.8) is 0 Å². The van der Waals surface area contributed by atoms with E-state index in [9.17, 15) is 19.5 Å². The average molecular weight is 809 g/mol. The number of hydrogen-bond donors (Lipinski definition) is 3. The zero-order valence-electron chi connectivity index (χ0n) is 30.8. The van der Waals surface area contributed by atoms with Crippen molar-refractivity contribution in [2.45, 2.75) is 23.1 Å². The van der Waals surface area contributed by atoms with Crippen molar-refractivity contribution in [1.29, 1.82) is 0 Å². The van der Waals surface area contributed by atoms with Gasteiger partial charge in [0.25, 0.3) is 11.8 Å². The number of aliphatic hydroxyl groups excluding tert-OH is 1. The van der Waals surface area contributed by atoms with E-state index in [2.05, 4.69) is 19.8 Å². The molecule has 8 rings (SSSR count). The quantitative estimate of drug-likeness (QED) is 0.0426. The lowest BCUT2D eigenvalue weighted by molar-refractivity contribution is -0.154. The summed E-state index contributed by atoms with van der Waals surface area (Å²) in [6, 6.07) is 45.9. The van der Waals surface area contributed by atoms with Crippen LogP contribution in [0.4, 0.5) is 5.13 Å². The van der Waals surface area contributed by atoms with Crippen LogP contribution in [0.1, 0.15) is 39.7 Å². The number of aromatic nitrogens is 2. The first kappa shape index (κ1) is 38.3. The van der Waals surface area contributed by atoms with Gasteiger partial charge in [-0.3, -0.25) is 14.5 Å². The number of carbonyl (C=O) groups excluding carboxylic acids is 3. The van der Waals surface area contributed by atoms with Gasteiger partial charge in [-0.25, -0.2) is 4.79 Å². The van der Waals surface area contributed by atoms with Crippen LogP contribution in [0.15, 0.2) is 168 Å². The van der Waals surface area contributed by atoms with Crippen molar-refractivity contribution in [1.82, 2.24) is 19.6 Å². The van der Waals surface area contributed by atoms with E-state index in [0.717, 1.165) is 39.3 Å². The molecular weight excluding hydrogens is 773 g/mol. The van der Waals surface area contributed by atoms with Gasteiger partial charge in [-0.05, 0) is 16.7 Å². The number of hydrogen-bond acceptors (Lipinski definition) is 12. The molecule has 1 saturated heterocycles. The fourth-order valence-corrected chi connectivity index (χ4v) is 8.83. The van der Waals surface area contributed by atoms with E-state index in [0.29, 0.717) is 5.57 Å². The number of oxime groups is 1. The summed E-state index contributed by atoms with van der Waals surface area (Å²) in [7, 11) is 0. The summed E-state index contributed by atoms with van der Waals surface area (Å²) in [5.74, 6) is -2.03. The van der Waals surface area contributed by atoms with E-state index >= 15 is 0 Å². The lowest BCUT2D eigenvalue weighted by Crippen LogP contribution is -2.71. The molecule has 14 heteroatoms. The van der Waals surface area contributed by atoms with Crippen LogP contribution in [0.3, 0.4) is 0 Å². The molecular formula is C44H36N6O6S2. The van der Waals surface area contributed by atoms with Gasteiger partial charge >= 0.3 is 5.97 Å². The molecule has 3 heterocycles. The summed E-state index contributed by atoms with van der Waals surface area (Å²) in [6.45, 7) is -0.469. The number of aliphatic hydroxyl groups is 1. The van der Waals surface area contributed by atoms with Gasteiger partial charge in [0.2, 0.25) is 17.1 Å². The fraction of sp³-hybridized carbons (Fsp3) is 0.136. The number of nitrogen functional groups attached to an aromatic ring is 1. The maximum atomic E-state index is 14.3. The molecule has 6 aromatic rings.